The SMILES string of the molecule is CC(C)[C@@H]1CCC[C@@]2(CC[C@@H](CN)O2)C1. The molecule has 3 atom stereocenters. The molecule has 2 rings (SSSR count). The molecule has 88 valence electrons. The van der Waals surface area contributed by atoms with E-state index >= 15 is 0 Å². The lowest BCUT2D eigenvalue weighted by atomic mass is 9.72. The number of ether oxygens (including phenoxy) is 1. The first-order valence-electron chi connectivity index (χ1n) is 6.53. The van der Waals surface area contributed by atoms with Gasteiger partial charge in [0.2, 0.25) is 0 Å². The highest BCUT2D eigenvalue weighted by atomic mass is 16.5. The minimum Gasteiger partial charge on any atom is -0.370 e. The zero-order valence-corrected chi connectivity index (χ0v) is 10.2. The quantitative estimate of drug-likeness (QED) is 0.762. The van der Waals surface area contributed by atoms with Crippen molar-refractivity contribution in [1.82, 2.24) is 0 Å². The third-order valence-electron chi connectivity index (χ3n) is 4.39. The summed E-state index contributed by atoms with van der Waals surface area (Å²) >= 11 is 0. The van der Waals surface area contributed by atoms with Crippen molar-refractivity contribution in [2.45, 2.75) is 64.1 Å². The summed E-state index contributed by atoms with van der Waals surface area (Å²) in [4.78, 5) is 0. The average Bonchev–Trinajstić information content (AvgIpc) is 2.61. The molecule has 0 aromatic rings. The van der Waals surface area contributed by atoms with Crippen LogP contribution in [0.15, 0.2) is 0 Å². The van der Waals surface area contributed by atoms with E-state index < -0.39 is 0 Å². The van der Waals surface area contributed by atoms with Gasteiger partial charge < -0.3 is 10.5 Å². The summed E-state index contributed by atoms with van der Waals surface area (Å²) in [6.45, 7) is 5.40. The van der Waals surface area contributed by atoms with E-state index in [2.05, 4.69) is 13.8 Å². The van der Waals surface area contributed by atoms with Crippen molar-refractivity contribution in [1.29, 1.82) is 0 Å². The predicted octanol–water partition coefficient (Wildman–Crippen LogP) is 2.71. The minimum absolute atomic E-state index is 0.219. The normalized spacial score (nSPS) is 41.6. The van der Waals surface area contributed by atoms with Gasteiger partial charge in [0.1, 0.15) is 0 Å². The maximum atomic E-state index is 6.19. The fourth-order valence-corrected chi connectivity index (χ4v) is 3.33. The van der Waals surface area contributed by atoms with Crippen LogP contribution in [0.1, 0.15) is 52.4 Å². The Balaban J connectivity index is 1.97. The molecule has 0 bridgehead atoms. The van der Waals surface area contributed by atoms with Gasteiger partial charge in [-0.25, -0.2) is 0 Å². The topological polar surface area (TPSA) is 35.2 Å². The second kappa shape index (κ2) is 4.42. The molecule has 1 aliphatic heterocycles. The molecule has 2 N–H and O–H groups in total. The van der Waals surface area contributed by atoms with Crippen LogP contribution < -0.4 is 5.73 Å². The molecule has 0 amide bonds. The summed E-state index contributed by atoms with van der Waals surface area (Å²) in [5.74, 6) is 1.68. The largest absolute Gasteiger partial charge is 0.370 e. The van der Waals surface area contributed by atoms with Gasteiger partial charge in [0.25, 0.3) is 0 Å². The van der Waals surface area contributed by atoms with E-state index in [1.54, 1.807) is 0 Å². The lowest BCUT2D eigenvalue weighted by Crippen LogP contribution is -2.38. The molecular weight excluding hydrogens is 186 g/mol. The zero-order chi connectivity index (χ0) is 10.9. The highest BCUT2D eigenvalue weighted by Crippen LogP contribution is 2.45. The monoisotopic (exact) mass is 211 g/mol. The lowest BCUT2D eigenvalue weighted by Gasteiger charge is -2.39. The summed E-state index contributed by atoms with van der Waals surface area (Å²) < 4.78 is 6.19. The first-order chi connectivity index (χ1) is 7.15. The second-order valence-corrected chi connectivity index (χ2v) is 5.80. The molecule has 1 aliphatic carbocycles. The molecule has 1 heterocycles. The lowest BCUT2D eigenvalue weighted by molar-refractivity contribution is -0.0775. The molecule has 1 saturated carbocycles. The summed E-state index contributed by atoms with van der Waals surface area (Å²) in [6.07, 6.45) is 8.07. The highest BCUT2D eigenvalue weighted by molar-refractivity contribution is 4.94. The van der Waals surface area contributed by atoms with Gasteiger partial charge in [-0.3, -0.25) is 0 Å². The van der Waals surface area contributed by atoms with E-state index in [9.17, 15) is 0 Å². The molecule has 1 saturated heterocycles. The zero-order valence-electron chi connectivity index (χ0n) is 10.2. The smallest absolute Gasteiger partial charge is 0.0705 e. The van der Waals surface area contributed by atoms with Gasteiger partial charge in [-0.1, -0.05) is 20.3 Å². The summed E-state index contributed by atoms with van der Waals surface area (Å²) in [6, 6.07) is 0. The molecule has 1 spiro atoms. The van der Waals surface area contributed by atoms with Crippen molar-refractivity contribution in [3.8, 4) is 0 Å². The Bertz CT molecular complexity index is 217. The molecule has 2 fully saturated rings. The standard InChI is InChI=1S/C13H25NO/c1-10(2)11-4-3-6-13(8-11)7-5-12(9-14)15-13/h10-12H,3-9,14H2,1-2H3/t11-,12+,13-/m1/s1. The number of rotatable bonds is 2. The first kappa shape index (κ1) is 11.4. The molecule has 2 nitrogen and oxygen atoms in total. The fourth-order valence-electron chi connectivity index (χ4n) is 3.33. The first-order valence-corrected chi connectivity index (χ1v) is 6.53. The van der Waals surface area contributed by atoms with Crippen LogP contribution in [0.3, 0.4) is 0 Å². The highest BCUT2D eigenvalue weighted by Gasteiger charge is 2.43. The van der Waals surface area contributed by atoms with Gasteiger partial charge in [0, 0.05) is 6.54 Å². The summed E-state index contributed by atoms with van der Waals surface area (Å²) in [7, 11) is 0. The molecule has 0 aromatic heterocycles. The Morgan fingerprint density at radius 3 is 2.73 bits per heavy atom. The Kier molecular flexibility index (Phi) is 3.36. The van der Waals surface area contributed by atoms with Crippen molar-refractivity contribution >= 4 is 0 Å². The Labute approximate surface area is 93.6 Å². The number of nitrogens with two attached hydrogens (primary N) is 1. The van der Waals surface area contributed by atoms with Gasteiger partial charge in [0.15, 0.2) is 0 Å². The Hall–Kier alpha value is -0.0800. The Morgan fingerprint density at radius 1 is 1.33 bits per heavy atom. The maximum absolute atomic E-state index is 6.19. The maximum Gasteiger partial charge on any atom is 0.0705 e. The molecular formula is C13H25NO. The van der Waals surface area contributed by atoms with Gasteiger partial charge in [-0.2, -0.15) is 0 Å². The van der Waals surface area contributed by atoms with Crippen LogP contribution >= 0.6 is 0 Å². The molecule has 0 radical (unpaired) electrons. The molecule has 0 unspecified atom stereocenters. The molecule has 2 heteroatoms. The van der Waals surface area contributed by atoms with E-state index in [-0.39, 0.29) is 5.60 Å². The van der Waals surface area contributed by atoms with Crippen LogP contribution in [0.25, 0.3) is 0 Å². The van der Waals surface area contributed by atoms with Gasteiger partial charge >= 0.3 is 0 Å². The van der Waals surface area contributed by atoms with Crippen LogP contribution in [0.5, 0.6) is 0 Å². The van der Waals surface area contributed by atoms with E-state index in [1.807, 2.05) is 0 Å². The summed E-state index contributed by atoms with van der Waals surface area (Å²) in [5.41, 5.74) is 5.91. The van der Waals surface area contributed by atoms with Crippen LogP contribution in [-0.2, 0) is 4.74 Å². The third-order valence-corrected chi connectivity index (χ3v) is 4.39. The van der Waals surface area contributed by atoms with E-state index in [0.717, 1.165) is 11.8 Å². The van der Waals surface area contributed by atoms with Crippen molar-refractivity contribution in [2.75, 3.05) is 6.54 Å². The predicted molar refractivity (Wildman–Crippen MR) is 62.7 cm³/mol. The van der Waals surface area contributed by atoms with Gasteiger partial charge in [0.05, 0.1) is 11.7 Å². The van der Waals surface area contributed by atoms with Gasteiger partial charge in [-0.05, 0) is 43.9 Å². The van der Waals surface area contributed by atoms with Crippen molar-refractivity contribution in [3.63, 3.8) is 0 Å². The minimum atomic E-state index is 0.219. The molecule has 2 aliphatic rings. The van der Waals surface area contributed by atoms with Crippen molar-refractivity contribution in [2.24, 2.45) is 17.6 Å². The van der Waals surface area contributed by atoms with Crippen LogP contribution in [0.4, 0.5) is 0 Å². The molecule has 15 heavy (non-hydrogen) atoms. The second-order valence-electron chi connectivity index (χ2n) is 5.80. The summed E-state index contributed by atoms with van der Waals surface area (Å²) in [5, 5.41) is 0. The number of hydrogen-bond donors (Lipinski definition) is 1. The Morgan fingerprint density at radius 2 is 2.13 bits per heavy atom. The van der Waals surface area contributed by atoms with Gasteiger partial charge in [-0.15, -0.1) is 0 Å². The third kappa shape index (κ3) is 2.36. The fraction of sp³-hybridized carbons (Fsp3) is 1.00. The van der Waals surface area contributed by atoms with Crippen molar-refractivity contribution in [3.05, 3.63) is 0 Å². The van der Waals surface area contributed by atoms with Crippen LogP contribution in [0, 0.1) is 11.8 Å². The van der Waals surface area contributed by atoms with Crippen LogP contribution in [0.2, 0.25) is 0 Å². The van der Waals surface area contributed by atoms with Crippen molar-refractivity contribution < 1.29 is 4.74 Å². The van der Waals surface area contributed by atoms with E-state index in [4.69, 9.17) is 10.5 Å². The van der Waals surface area contributed by atoms with E-state index in [1.165, 1.54) is 38.5 Å². The van der Waals surface area contributed by atoms with E-state index in [0.29, 0.717) is 12.6 Å². The molecule has 0 aromatic carbocycles. The number of hydrogen-bond acceptors (Lipinski definition) is 2. The van der Waals surface area contributed by atoms with Crippen LogP contribution in [-0.4, -0.2) is 18.2 Å². The average molecular weight is 211 g/mol.